The summed E-state index contributed by atoms with van der Waals surface area (Å²) in [6.45, 7) is -0.298. The van der Waals surface area contributed by atoms with Gasteiger partial charge < -0.3 is 14.5 Å². The molecule has 2 heterocycles. The summed E-state index contributed by atoms with van der Waals surface area (Å²) >= 11 is 19.7. The molecule has 46 heavy (non-hydrogen) atoms. The number of hydrogen-bond acceptors (Lipinski definition) is 9. The van der Waals surface area contributed by atoms with Crippen molar-refractivity contribution in [2.24, 2.45) is 15.3 Å². The van der Waals surface area contributed by atoms with Crippen LogP contribution in [0.15, 0.2) is 103 Å². The summed E-state index contributed by atoms with van der Waals surface area (Å²) in [4.78, 5) is 27.8. The fourth-order valence-electron chi connectivity index (χ4n) is 4.01. The number of nitrogens with one attached hydrogen (secondary N) is 1. The molecule has 0 atom stereocenters. The van der Waals surface area contributed by atoms with E-state index in [1.807, 2.05) is 0 Å². The van der Waals surface area contributed by atoms with Crippen LogP contribution >= 0.6 is 46.6 Å². The molecule has 0 spiro atoms. The van der Waals surface area contributed by atoms with Gasteiger partial charge >= 0.3 is 0 Å². The van der Waals surface area contributed by atoms with E-state index in [0.29, 0.717) is 37.6 Å². The Balaban J connectivity index is 1.35. The largest absolute Gasteiger partial charge is 0.483 e. The van der Waals surface area contributed by atoms with E-state index in [2.05, 4.69) is 15.5 Å². The number of thioether (sulfide) groups is 1. The SMILES string of the molecule is NS(=O)(=O)c1ccc(NC(=O)COc2ccc(Cl)cc2/C=C2\S/C(=N\N=C\c3cccc(Cl)c3Cl)N(Cc3ccco3)C2=O)cc1. The Morgan fingerprint density at radius 1 is 1.04 bits per heavy atom. The minimum absolute atomic E-state index is 0.0897. The summed E-state index contributed by atoms with van der Waals surface area (Å²) in [5.41, 5.74) is 1.32. The standard InChI is InChI=1S/C30H22Cl3N5O6S2/c31-20-6-11-25(44-17-27(39)36-21-7-9-23(10-8-21)46(34,41)42)19(13-20)14-26-29(40)38(16-22-4-2-12-43-22)30(45-26)37-35-15-18-3-1-5-24(32)28(18)33/h1-15H,16-17H2,(H,36,39)(H2,34,41,42)/b26-14-,35-15+,37-30-. The number of anilines is 1. The Kier molecular flexibility index (Phi) is 10.5. The molecule has 3 N–H and O–H groups in total. The fourth-order valence-corrected chi connectivity index (χ4v) is 5.99. The lowest BCUT2D eigenvalue weighted by Crippen LogP contribution is -2.28. The number of benzene rings is 3. The lowest BCUT2D eigenvalue weighted by atomic mass is 10.2. The molecule has 3 aromatic carbocycles. The summed E-state index contributed by atoms with van der Waals surface area (Å²) in [5.74, 6) is -0.0776. The number of nitrogens with two attached hydrogens (primary N) is 1. The molecule has 0 aliphatic carbocycles. The summed E-state index contributed by atoms with van der Waals surface area (Å²) < 4.78 is 34.1. The number of ether oxygens (including phenoxy) is 1. The maximum atomic E-state index is 13.6. The Hall–Kier alpha value is -4.11. The van der Waals surface area contributed by atoms with Crippen molar-refractivity contribution in [1.82, 2.24) is 4.90 Å². The first-order chi connectivity index (χ1) is 22.0. The molecule has 11 nitrogen and oxygen atoms in total. The van der Waals surface area contributed by atoms with E-state index in [1.165, 1.54) is 41.6 Å². The van der Waals surface area contributed by atoms with E-state index in [4.69, 9.17) is 49.1 Å². The molecule has 5 rings (SSSR count). The number of hydrogen-bond donors (Lipinski definition) is 2. The zero-order chi connectivity index (χ0) is 32.8. The monoisotopic (exact) mass is 717 g/mol. The number of carbonyl (C=O) groups excluding carboxylic acids is 2. The van der Waals surface area contributed by atoms with Crippen molar-refractivity contribution in [1.29, 1.82) is 0 Å². The minimum Gasteiger partial charge on any atom is -0.483 e. The predicted molar refractivity (Wildman–Crippen MR) is 180 cm³/mol. The number of amides is 2. The maximum Gasteiger partial charge on any atom is 0.267 e. The third kappa shape index (κ3) is 8.37. The van der Waals surface area contributed by atoms with Crippen LogP contribution in [0.5, 0.6) is 5.75 Å². The molecule has 0 bridgehead atoms. The van der Waals surface area contributed by atoms with Gasteiger partial charge in [0.15, 0.2) is 11.8 Å². The molecule has 16 heteroatoms. The van der Waals surface area contributed by atoms with Gasteiger partial charge in [-0.25, -0.2) is 13.6 Å². The minimum atomic E-state index is -3.87. The number of carbonyl (C=O) groups is 2. The normalized spacial score (nSPS) is 15.3. The molecule has 1 fully saturated rings. The molecule has 236 valence electrons. The Bertz CT molecular complexity index is 1980. The van der Waals surface area contributed by atoms with E-state index < -0.39 is 22.5 Å². The zero-order valence-corrected chi connectivity index (χ0v) is 27.3. The van der Waals surface area contributed by atoms with E-state index in [9.17, 15) is 18.0 Å². The number of halogens is 3. The van der Waals surface area contributed by atoms with E-state index in [1.54, 1.807) is 54.6 Å². The number of sulfonamides is 1. The quantitative estimate of drug-likeness (QED) is 0.109. The molecule has 1 aromatic heterocycles. The summed E-state index contributed by atoms with van der Waals surface area (Å²) in [6, 6.07) is 18.6. The average Bonchev–Trinajstić information content (AvgIpc) is 3.63. The van der Waals surface area contributed by atoms with Gasteiger partial charge in [0.25, 0.3) is 11.8 Å². The van der Waals surface area contributed by atoms with Crippen LogP contribution in [0, 0.1) is 0 Å². The molecule has 0 unspecified atom stereocenters. The van der Waals surface area contributed by atoms with Gasteiger partial charge in [-0.05, 0) is 78.5 Å². The first-order valence-electron chi connectivity index (χ1n) is 13.1. The highest BCUT2D eigenvalue weighted by atomic mass is 35.5. The lowest BCUT2D eigenvalue weighted by Gasteiger charge is -2.13. The number of amidine groups is 1. The number of nitrogens with zero attached hydrogens (tertiary/aromatic N) is 3. The molecule has 1 aliphatic rings. The Labute approximate surface area is 282 Å². The van der Waals surface area contributed by atoms with E-state index in [0.717, 1.165) is 11.8 Å². The first kappa shape index (κ1) is 33.3. The second kappa shape index (κ2) is 14.5. The van der Waals surface area contributed by atoms with Crippen LogP contribution in [0.1, 0.15) is 16.9 Å². The van der Waals surface area contributed by atoms with Gasteiger partial charge in [-0.2, -0.15) is 5.10 Å². The first-order valence-corrected chi connectivity index (χ1v) is 16.6. The van der Waals surface area contributed by atoms with Gasteiger partial charge in [-0.3, -0.25) is 14.5 Å². The average molecular weight is 719 g/mol. The van der Waals surface area contributed by atoms with Crippen molar-refractivity contribution >= 4 is 91.5 Å². The van der Waals surface area contributed by atoms with E-state index in [-0.39, 0.29) is 33.2 Å². The van der Waals surface area contributed by atoms with Crippen molar-refractivity contribution in [3.63, 3.8) is 0 Å². The lowest BCUT2D eigenvalue weighted by molar-refractivity contribution is -0.122. The van der Waals surface area contributed by atoms with Crippen LogP contribution in [-0.4, -0.2) is 43.1 Å². The Morgan fingerprint density at radius 3 is 2.54 bits per heavy atom. The van der Waals surface area contributed by atoms with Crippen LogP contribution in [0.4, 0.5) is 5.69 Å². The summed E-state index contributed by atoms with van der Waals surface area (Å²) in [5, 5.41) is 17.5. The van der Waals surface area contributed by atoms with Gasteiger partial charge in [0.2, 0.25) is 10.0 Å². The van der Waals surface area contributed by atoms with Gasteiger partial charge in [-0.1, -0.05) is 46.9 Å². The molecule has 1 aliphatic heterocycles. The van der Waals surface area contributed by atoms with Gasteiger partial charge in [0.05, 0.1) is 38.9 Å². The van der Waals surface area contributed by atoms with Crippen molar-refractivity contribution in [2.75, 3.05) is 11.9 Å². The van der Waals surface area contributed by atoms with Crippen molar-refractivity contribution in [3.8, 4) is 5.75 Å². The van der Waals surface area contributed by atoms with Gasteiger partial charge in [0, 0.05) is 21.8 Å². The Morgan fingerprint density at radius 2 is 1.83 bits per heavy atom. The second-order valence-corrected chi connectivity index (χ2v) is 13.2. The van der Waals surface area contributed by atoms with Crippen LogP contribution in [0.3, 0.4) is 0 Å². The van der Waals surface area contributed by atoms with Crippen molar-refractivity contribution < 1.29 is 27.2 Å². The third-order valence-corrected chi connectivity index (χ3v) is 9.18. The van der Waals surface area contributed by atoms with Crippen LogP contribution in [0.2, 0.25) is 15.1 Å². The molecule has 0 saturated carbocycles. The van der Waals surface area contributed by atoms with Gasteiger partial charge in [-0.15, -0.1) is 5.10 Å². The van der Waals surface area contributed by atoms with Crippen molar-refractivity contribution in [3.05, 3.63) is 116 Å². The zero-order valence-electron chi connectivity index (χ0n) is 23.4. The molecule has 0 radical (unpaired) electrons. The van der Waals surface area contributed by atoms with Crippen molar-refractivity contribution in [2.45, 2.75) is 11.4 Å². The number of rotatable bonds is 10. The topological polar surface area (TPSA) is 157 Å². The number of primary sulfonamides is 1. The van der Waals surface area contributed by atoms with E-state index >= 15 is 0 Å². The second-order valence-electron chi connectivity index (χ2n) is 9.44. The van der Waals surface area contributed by atoms with Crippen LogP contribution in [0.25, 0.3) is 6.08 Å². The number of furan rings is 1. The highest BCUT2D eigenvalue weighted by Crippen LogP contribution is 2.36. The highest BCUT2D eigenvalue weighted by Gasteiger charge is 2.34. The van der Waals surface area contributed by atoms with Crippen LogP contribution < -0.4 is 15.2 Å². The maximum absolute atomic E-state index is 13.6. The smallest absolute Gasteiger partial charge is 0.267 e. The summed E-state index contributed by atoms with van der Waals surface area (Å²) in [7, 11) is -3.87. The third-order valence-electron chi connectivity index (χ3n) is 6.19. The molecular weight excluding hydrogens is 697 g/mol. The molecular formula is C30H22Cl3N5O6S2. The summed E-state index contributed by atoms with van der Waals surface area (Å²) in [6.07, 6.45) is 4.51. The van der Waals surface area contributed by atoms with Crippen LogP contribution in [-0.2, 0) is 26.2 Å². The van der Waals surface area contributed by atoms with Gasteiger partial charge in [0.1, 0.15) is 11.5 Å². The predicted octanol–water partition coefficient (Wildman–Crippen LogP) is 6.41. The highest BCUT2D eigenvalue weighted by molar-refractivity contribution is 8.18. The molecule has 4 aromatic rings. The molecule has 1 saturated heterocycles. The molecule has 2 amide bonds. The fraction of sp³-hybridized carbons (Fsp3) is 0.0667.